The molecule has 2 aromatic rings. The third kappa shape index (κ3) is 6.63. The number of benzene rings is 2. The van der Waals surface area contributed by atoms with Gasteiger partial charge in [-0.1, -0.05) is 35.9 Å². The van der Waals surface area contributed by atoms with Gasteiger partial charge in [0, 0.05) is 18.0 Å². The van der Waals surface area contributed by atoms with E-state index in [0.29, 0.717) is 29.5 Å². The van der Waals surface area contributed by atoms with E-state index in [1.807, 2.05) is 37.3 Å². The van der Waals surface area contributed by atoms with Gasteiger partial charge in [0.05, 0.1) is 11.7 Å². The van der Waals surface area contributed by atoms with Crippen LogP contribution in [0.15, 0.2) is 78.5 Å². The largest absolute Gasteiger partial charge is 0.482 e. The Kier molecular flexibility index (Phi) is 8.16. The molecule has 2 aromatic carbocycles. The van der Waals surface area contributed by atoms with Crippen LogP contribution in [0.4, 0.5) is 0 Å². The summed E-state index contributed by atoms with van der Waals surface area (Å²) >= 11 is 5.68. The summed E-state index contributed by atoms with van der Waals surface area (Å²) in [6, 6.07) is 12.5. The van der Waals surface area contributed by atoms with Gasteiger partial charge in [-0.25, -0.2) is 4.79 Å². The Balaban J connectivity index is 1.59. The monoisotopic (exact) mass is 468 g/mol. The zero-order chi connectivity index (χ0) is 23.8. The van der Waals surface area contributed by atoms with Gasteiger partial charge in [0.1, 0.15) is 17.2 Å². The second-order valence-corrected chi connectivity index (χ2v) is 7.68. The average Bonchev–Trinajstić information content (AvgIpc) is 3.20. The Bertz CT molecular complexity index is 1100. The zero-order valence-electron chi connectivity index (χ0n) is 18.1. The van der Waals surface area contributed by atoms with Crippen molar-refractivity contribution in [2.45, 2.75) is 19.5 Å². The first-order chi connectivity index (χ1) is 15.9. The number of hydrogen-bond acceptors (Lipinski definition) is 5. The number of aliphatic carboxylic acids is 1. The van der Waals surface area contributed by atoms with Crippen LogP contribution >= 0.6 is 11.6 Å². The molecule has 0 saturated heterocycles. The minimum absolute atomic E-state index is 0.0261. The number of ether oxygens (including phenoxy) is 2. The van der Waals surface area contributed by atoms with E-state index in [1.54, 1.807) is 30.4 Å². The van der Waals surface area contributed by atoms with Gasteiger partial charge in [-0.2, -0.15) is 0 Å². The minimum Gasteiger partial charge on any atom is -0.482 e. The number of carbonyl (C=O) groups excluding carboxylic acids is 1. The van der Waals surface area contributed by atoms with Gasteiger partial charge in [-0.15, -0.1) is 6.58 Å². The van der Waals surface area contributed by atoms with E-state index in [4.69, 9.17) is 26.2 Å². The number of carboxylic acids is 1. The lowest BCUT2D eigenvalue weighted by Crippen LogP contribution is -2.33. The lowest BCUT2D eigenvalue weighted by Gasteiger charge is -2.13. The van der Waals surface area contributed by atoms with Gasteiger partial charge in [-0.05, 0) is 54.5 Å². The molecule has 1 amide bonds. The van der Waals surface area contributed by atoms with Gasteiger partial charge in [0.25, 0.3) is 5.91 Å². The molecule has 0 aliphatic carbocycles. The summed E-state index contributed by atoms with van der Waals surface area (Å²) in [4.78, 5) is 23.2. The van der Waals surface area contributed by atoms with Crippen molar-refractivity contribution in [2.24, 2.45) is 5.92 Å². The maximum Gasteiger partial charge on any atom is 0.341 e. The van der Waals surface area contributed by atoms with Crippen molar-refractivity contribution in [1.29, 1.82) is 0 Å². The molecule has 0 aromatic heterocycles. The van der Waals surface area contributed by atoms with Crippen molar-refractivity contribution in [2.75, 3.05) is 6.61 Å². The third-order valence-electron chi connectivity index (χ3n) is 4.97. The SMILES string of the molecule is C=CC1NC(C(=O)NCc2cccc(Oc3ccc(OCC(=O)O)c(C)c3)c2)=CC1/C=C/Cl. The summed E-state index contributed by atoms with van der Waals surface area (Å²) in [5, 5.41) is 14.8. The lowest BCUT2D eigenvalue weighted by molar-refractivity contribution is -0.139. The van der Waals surface area contributed by atoms with Gasteiger partial charge in [-0.3, -0.25) is 4.79 Å². The van der Waals surface area contributed by atoms with E-state index in [2.05, 4.69) is 17.2 Å². The highest BCUT2D eigenvalue weighted by molar-refractivity contribution is 6.25. The summed E-state index contributed by atoms with van der Waals surface area (Å²) in [5.74, 6) is 0.403. The molecule has 7 nitrogen and oxygen atoms in total. The first-order valence-corrected chi connectivity index (χ1v) is 10.7. The van der Waals surface area contributed by atoms with Crippen LogP contribution in [0.2, 0.25) is 0 Å². The van der Waals surface area contributed by atoms with E-state index < -0.39 is 12.6 Å². The van der Waals surface area contributed by atoms with Crippen molar-refractivity contribution in [1.82, 2.24) is 10.6 Å². The van der Waals surface area contributed by atoms with Crippen LogP contribution in [0.1, 0.15) is 11.1 Å². The molecule has 33 heavy (non-hydrogen) atoms. The highest BCUT2D eigenvalue weighted by atomic mass is 35.5. The molecule has 1 heterocycles. The van der Waals surface area contributed by atoms with Gasteiger partial charge < -0.3 is 25.2 Å². The summed E-state index contributed by atoms with van der Waals surface area (Å²) in [5.41, 5.74) is 3.54. The van der Waals surface area contributed by atoms with Gasteiger partial charge in [0.15, 0.2) is 6.61 Å². The first-order valence-electron chi connectivity index (χ1n) is 10.3. The molecule has 172 valence electrons. The smallest absolute Gasteiger partial charge is 0.341 e. The molecule has 0 bridgehead atoms. The van der Waals surface area contributed by atoms with Crippen LogP contribution in [-0.2, 0) is 16.1 Å². The fourth-order valence-electron chi connectivity index (χ4n) is 3.36. The molecular weight excluding hydrogens is 444 g/mol. The predicted molar refractivity (Wildman–Crippen MR) is 126 cm³/mol. The van der Waals surface area contributed by atoms with Crippen molar-refractivity contribution < 1.29 is 24.2 Å². The van der Waals surface area contributed by atoms with E-state index in [1.165, 1.54) is 5.54 Å². The molecular formula is C25H25ClN2O5. The van der Waals surface area contributed by atoms with Crippen molar-refractivity contribution in [3.05, 3.63) is 89.6 Å². The molecule has 1 aliphatic heterocycles. The Morgan fingerprint density at radius 3 is 2.73 bits per heavy atom. The number of carboxylic acid groups (broad SMARTS) is 1. The minimum atomic E-state index is -1.04. The molecule has 2 unspecified atom stereocenters. The number of carbonyl (C=O) groups is 2. The molecule has 2 atom stereocenters. The van der Waals surface area contributed by atoms with Crippen LogP contribution in [0.25, 0.3) is 0 Å². The number of aryl methyl sites for hydroxylation is 1. The lowest BCUT2D eigenvalue weighted by atomic mass is 10.0. The normalized spacial score (nSPS) is 17.2. The molecule has 3 rings (SSSR count). The second kappa shape index (κ2) is 11.2. The highest BCUT2D eigenvalue weighted by Gasteiger charge is 2.25. The van der Waals surface area contributed by atoms with Crippen molar-refractivity contribution >= 4 is 23.5 Å². The maximum absolute atomic E-state index is 12.6. The van der Waals surface area contributed by atoms with Crippen LogP contribution in [0, 0.1) is 12.8 Å². The molecule has 8 heteroatoms. The Morgan fingerprint density at radius 2 is 2.03 bits per heavy atom. The Labute approximate surface area is 197 Å². The standard InChI is InChI=1S/C25H25ClN2O5/c1-3-21-18(9-10-26)13-22(28-21)25(31)27-14-17-5-4-6-19(12-17)33-20-7-8-23(16(2)11-20)32-15-24(29)30/h3-13,18,21,28H,1,14-15H2,2H3,(H,27,31)(H,29,30)/b10-9+. The van der Waals surface area contributed by atoms with Crippen LogP contribution in [0.5, 0.6) is 17.2 Å². The molecule has 1 aliphatic rings. The predicted octanol–water partition coefficient (Wildman–Crippen LogP) is 4.28. The van der Waals surface area contributed by atoms with E-state index in [0.717, 1.165) is 11.1 Å². The summed E-state index contributed by atoms with van der Waals surface area (Å²) in [6.07, 6.45) is 5.37. The maximum atomic E-state index is 12.6. The summed E-state index contributed by atoms with van der Waals surface area (Å²) in [6.45, 7) is 5.52. The van der Waals surface area contributed by atoms with E-state index in [-0.39, 0.29) is 17.9 Å². The third-order valence-corrected chi connectivity index (χ3v) is 5.12. The fourth-order valence-corrected chi connectivity index (χ4v) is 3.52. The van der Waals surface area contributed by atoms with Crippen LogP contribution in [-0.4, -0.2) is 29.6 Å². The van der Waals surface area contributed by atoms with Crippen LogP contribution in [0.3, 0.4) is 0 Å². The van der Waals surface area contributed by atoms with Gasteiger partial charge in [0.2, 0.25) is 0 Å². The summed E-state index contributed by atoms with van der Waals surface area (Å²) in [7, 11) is 0. The molecule has 3 N–H and O–H groups in total. The van der Waals surface area contributed by atoms with E-state index in [9.17, 15) is 9.59 Å². The highest BCUT2D eigenvalue weighted by Crippen LogP contribution is 2.28. The molecule has 0 saturated carbocycles. The van der Waals surface area contributed by atoms with E-state index >= 15 is 0 Å². The Hall–Kier alpha value is -3.71. The average molecular weight is 469 g/mol. The number of hydrogen-bond donors (Lipinski definition) is 3. The quantitative estimate of drug-likeness (QED) is 0.450. The first kappa shape index (κ1) is 23.9. The van der Waals surface area contributed by atoms with Crippen molar-refractivity contribution in [3.8, 4) is 17.2 Å². The number of amides is 1. The topological polar surface area (TPSA) is 96.9 Å². The number of halogens is 1. The second-order valence-electron chi connectivity index (χ2n) is 7.42. The molecule has 0 spiro atoms. The number of rotatable bonds is 10. The fraction of sp³-hybridized carbons (Fsp3) is 0.200. The van der Waals surface area contributed by atoms with Gasteiger partial charge >= 0.3 is 5.97 Å². The summed E-state index contributed by atoms with van der Waals surface area (Å²) < 4.78 is 11.1. The zero-order valence-corrected chi connectivity index (χ0v) is 18.8. The number of nitrogens with one attached hydrogen (secondary N) is 2. The van der Waals surface area contributed by atoms with Crippen molar-refractivity contribution in [3.63, 3.8) is 0 Å². The molecule has 0 radical (unpaired) electrons. The Morgan fingerprint density at radius 1 is 1.24 bits per heavy atom. The van der Waals surface area contributed by atoms with Crippen LogP contribution < -0.4 is 20.1 Å². The molecule has 0 fully saturated rings.